The van der Waals surface area contributed by atoms with Gasteiger partial charge in [0.25, 0.3) is 0 Å². The van der Waals surface area contributed by atoms with Crippen molar-refractivity contribution in [2.45, 2.75) is 32.2 Å². The second kappa shape index (κ2) is 3.93. The Morgan fingerprint density at radius 2 is 2.38 bits per heavy atom. The van der Waals surface area contributed by atoms with E-state index >= 15 is 0 Å². The molecule has 0 radical (unpaired) electrons. The molecule has 2 N–H and O–H groups in total. The molecule has 0 aliphatic carbocycles. The van der Waals surface area contributed by atoms with Crippen LogP contribution in [-0.2, 0) is 6.42 Å². The maximum Gasteiger partial charge on any atom is 0.0902 e. The first-order valence-corrected chi connectivity index (χ1v) is 5.23. The lowest BCUT2D eigenvalue weighted by molar-refractivity contribution is -0.669. The maximum absolute atomic E-state index is 2.49. The zero-order valence-corrected chi connectivity index (χ0v) is 8.29. The summed E-state index contributed by atoms with van der Waals surface area (Å²) in [5.74, 6) is 0. The average molecular weight is 176 g/mol. The topological polar surface area (TPSA) is 16.6 Å². The zero-order chi connectivity index (χ0) is 9.10. The van der Waals surface area contributed by atoms with Crippen LogP contribution >= 0.6 is 0 Å². The quantitative estimate of drug-likeness (QED) is 0.698. The van der Waals surface area contributed by atoms with Gasteiger partial charge in [0, 0.05) is 19.3 Å². The Balaban J connectivity index is 2.00. The molecule has 1 aliphatic heterocycles. The first-order valence-electron chi connectivity index (χ1n) is 5.23. The van der Waals surface area contributed by atoms with Gasteiger partial charge in [-0.2, -0.15) is 0 Å². The third-order valence-corrected chi connectivity index (χ3v) is 2.86. The molecule has 2 rings (SSSR count). The highest BCUT2D eigenvalue weighted by Crippen LogP contribution is 2.09. The van der Waals surface area contributed by atoms with Gasteiger partial charge in [0.2, 0.25) is 0 Å². The predicted octanol–water partition coefficient (Wildman–Crippen LogP) is 1.26. The van der Waals surface area contributed by atoms with Crippen molar-refractivity contribution in [3.05, 3.63) is 35.4 Å². The van der Waals surface area contributed by atoms with Gasteiger partial charge in [0.05, 0.1) is 12.6 Å². The van der Waals surface area contributed by atoms with E-state index in [1.54, 1.807) is 0 Å². The van der Waals surface area contributed by atoms with E-state index in [0.29, 0.717) is 0 Å². The van der Waals surface area contributed by atoms with E-state index in [2.05, 4.69) is 36.5 Å². The summed E-state index contributed by atoms with van der Waals surface area (Å²) in [6.07, 6.45) is 4.05. The van der Waals surface area contributed by atoms with Gasteiger partial charge in [-0.3, -0.25) is 0 Å². The van der Waals surface area contributed by atoms with Gasteiger partial charge >= 0.3 is 0 Å². The Labute approximate surface area is 80.2 Å². The van der Waals surface area contributed by atoms with Crippen molar-refractivity contribution in [2.24, 2.45) is 0 Å². The van der Waals surface area contributed by atoms with Crippen molar-refractivity contribution in [3.8, 4) is 0 Å². The molecule has 0 amide bonds. The number of hydrogen-bond donors (Lipinski definition) is 1. The van der Waals surface area contributed by atoms with Crippen molar-refractivity contribution in [1.82, 2.24) is 0 Å². The molecule has 0 bridgehead atoms. The van der Waals surface area contributed by atoms with E-state index in [1.807, 2.05) is 0 Å². The molecular weight excluding hydrogens is 158 g/mol. The van der Waals surface area contributed by atoms with Crippen molar-refractivity contribution in [1.29, 1.82) is 0 Å². The van der Waals surface area contributed by atoms with E-state index in [9.17, 15) is 0 Å². The average Bonchev–Trinajstić information content (AvgIpc) is 2.57. The Kier molecular flexibility index (Phi) is 2.65. The van der Waals surface area contributed by atoms with Gasteiger partial charge in [-0.15, -0.1) is 0 Å². The minimum absolute atomic E-state index is 0.849. The molecule has 0 aromatic heterocycles. The fourth-order valence-electron chi connectivity index (χ4n) is 2.18. The molecule has 1 aromatic rings. The minimum Gasteiger partial charge on any atom is -0.344 e. The normalized spacial score (nSPS) is 22.1. The number of hydrogen-bond acceptors (Lipinski definition) is 0. The zero-order valence-electron chi connectivity index (χ0n) is 8.29. The van der Waals surface area contributed by atoms with Crippen molar-refractivity contribution in [2.75, 3.05) is 6.54 Å². The number of nitrogens with two attached hydrogens (primary N) is 1. The third kappa shape index (κ3) is 2.31. The van der Waals surface area contributed by atoms with Gasteiger partial charge in [-0.25, -0.2) is 0 Å². The molecule has 0 saturated carbocycles. The molecule has 1 fully saturated rings. The van der Waals surface area contributed by atoms with Crippen LogP contribution in [0.25, 0.3) is 0 Å². The van der Waals surface area contributed by atoms with Gasteiger partial charge < -0.3 is 5.32 Å². The van der Waals surface area contributed by atoms with Gasteiger partial charge in [0.15, 0.2) is 0 Å². The molecule has 0 unspecified atom stereocenters. The highest BCUT2D eigenvalue weighted by atomic mass is 14.9. The van der Waals surface area contributed by atoms with Gasteiger partial charge in [-0.05, 0) is 12.5 Å². The lowest BCUT2D eigenvalue weighted by Crippen LogP contribution is -2.87. The van der Waals surface area contributed by atoms with Crippen LogP contribution in [0.2, 0.25) is 0 Å². The molecule has 13 heavy (non-hydrogen) atoms. The molecule has 1 aliphatic rings. The van der Waals surface area contributed by atoms with Crippen molar-refractivity contribution in [3.63, 3.8) is 0 Å². The molecule has 1 nitrogen and oxygen atoms in total. The molecule has 0 spiro atoms. The summed E-state index contributed by atoms with van der Waals surface area (Å²) in [6.45, 7) is 3.50. The van der Waals surface area contributed by atoms with E-state index in [4.69, 9.17) is 0 Å². The van der Waals surface area contributed by atoms with Gasteiger partial charge in [0.1, 0.15) is 0 Å². The summed E-state index contributed by atoms with van der Waals surface area (Å²) in [6, 6.07) is 9.74. The fourth-order valence-corrected chi connectivity index (χ4v) is 2.18. The SMILES string of the molecule is Cc1cccc(C[C@@H]2CCC[NH2+]2)c1. The van der Waals surface area contributed by atoms with E-state index in [0.717, 1.165) is 6.04 Å². The Morgan fingerprint density at radius 3 is 3.08 bits per heavy atom. The highest BCUT2D eigenvalue weighted by Gasteiger charge is 2.17. The van der Waals surface area contributed by atoms with Crippen LogP contribution in [-0.4, -0.2) is 12.6 Å². The van der Waals surface area contributed by atoms with Crippen LogP contribution < -0.4 is 5.32 Å². The highest BCUT2D eigenvalue weighted by molar-refractivity contribution is 5.22. The van der Waals surface area contributed by atoms with E-state index in [-0.39, 0.29) is 0 Å². The number of aryl methyl sites for hydroxylation is 1. The number of rotatable bonds is 2. The van der Waals surface area contributed by atoms with Crippen LogP contribution in [0.5, 0.6) is 0 Å². The van der Waals surface area contributed by atoms with Crippen molar-refractivity contribution < 1.29 is 5.32 Å². The van der Waals surface area contributed by atoms with E-state index < -0.39 is 0 Å². The molecule has 1 saturated heterocycles. The largest absolute Gasteiger partial charge is 0.344 e. The lowest BCUT2D eigenvalue weighted by Gasteiger charge is -2.07. The van der Waals surface area contributed by atoms with E-state index in [1.165, 1.54) is 36.9 Å². The van der Waals surface area contributed by atoms with Crippen LogP contribution in [0.15, 0.2) is 24.3 Å². The lowest BCUT2D eigenvalue weighted by atomic mass is 10.0. The summed E-state index contributed by atoms with van der Waals surface area (Å²) in [4.78, 5) is 0. The Hall–Kier alpha value is -0.820. The summed E-state index contributed by atoms with van der Waals surface area (Å²) in [5.41, 5.74) is 2.89. The smallest absolute Gasteiger partial charge is 0.0902 e. The fraction of sp³-hybridized carbons (Fsp3) is 0.500. The summed E-state index contributed by atoms with van der Waals surface area (Å²) < 4.78 is 0. The maximum atomic E-state index is 2.49. The monoisotopic (exact) mass is 176 g/mol. The summed E-state index contributed by atoms with van der Waals surface area (Å²) in [5, 5.41) is 2.49. The second-order valence-electron chi connectivity index (χ2n) is 4.12. The van der Waals surface area contributed by atoms with Crippen LogP contribution in [0, 0.1) is 6.92 Å². The molecule has 1 aromatic carbocycles. The summed E-state index contributed by atoms with van der Waals surface area (Å²) in [7, 11) is 0. The second-order valence-corrected chi connectivity index (χ2v) is 4.12. The Bertz CT molecular complexity index is 274. The third-order valence-electron chi connectivity index (χ3n) is 2.86. The first kappa shape index (κ1) is 8.76. The van der Waals surface area contributed by atoms with Crippen LogP contribution in [0.1, 0.15) is 24.0 Å². The predicted molar refractivity (Wildman–Crippen MR) is 54.7 cm³/mol. The molecular formula is C12H18N+. The Morgan fingerprint density at radius 1 is 1.46 bits per heavy atom. The first-order chi connectivity index (χ1) is 6.34. The minimum atomic E-state index is 0.849. The molecule has 1 heteroatoms. The number of quaternary nitrogens is 1. The van der Waals surface area contributed by atoms with Crippen LogP contribution in [0.4, 0.5) is 0 Å². The summed E-state index contributed by atoms with van der Waals surface area (Å²) >= 11 is 0. The van der Waals surface area contributed by atoms with Gasteiger partial charge in [-0.1, -0.05) is 29.8 Å². The number of benzene rings is 1. The molecule has 1 atom stereocenters. The van der Waals surface area contributed by atoms with Crippen LogP contribution in [0.3, 0.4) is 0 Å². The molecule has 70 valence electrons. The molecule has 1 heterocycles. The standard InChI is InChI=1S/C12H17N/c1-10-4-2-5-11(8-10)9-12-6-3-7-13-12/h2,4-5,8,12-13H,3,6-7,9H2,1H3/p+1/t12-/m0/s1. The van der Waals surface area contributed by atoms with Crippen molar-refractivity contribution >= 4 is 0 Å².